The minimum absolute atomic E-state index is 0.00973. The fourth-order valence-corrected chi connectivity index (χ4v) is 2.12. The molecule has 0 aliphatic carbocycles. The van der Waals surface area contributed by atoms with Crippen molar-refractivity contribution in [3.05, 3.63) is 64.2 Å². The third-order valence-corrected chi connectivity index (χ3v) is 3.64. The summed E-state index contributed by atoms with van der Waals surface area (Å²) in [7, 11) is 1.09. The molecule has 2 rings (SSSR count). The molecule has 0 aromatic heterocycles. The van der Waals surface area contributed by atoms with Crippen molar-refractivity contribution >= 4 is 17.7 Å². The monoisotopic (exact) mass is 349 g/mol. The molecule has 1 amide bonds. The number of amides is 1. The number of esters is 1. The first-order chi connectivity index (χ1) is 11.8. The van der Waals surface area contributed by atoms with Crippen LogP contribution in [0.2, 0.25) is 0 Å². The predicted molar refractivity (Wildman–Crippen MR) is 87.4 cm³/mol. The Morgan fingerprint density at radius 2 is 1.72 bits per heavy atom. The van der Waals surface area contributed by atoms with Crippen LogP contribution in [0.5, 0.6) is 0 Å². The van der Waals surface area contributed by atoms with Gasteiger partial charge in [-0.15, -0.1) is 0 Å². The summed E-state index contributed by atoms with van der Waals surface area (Å²) < 4.78 is 36.2. The standard InChI is InChI=1S/C18H17F2NO4/c1-10-4-5-12(6-11(10)2)9-25-18(23)21-16-8-15(20)14(19)7-13(16)17(22)24-3/h4-8H,9H2,1-3H3,(H,21,23). The lowest BCUT2D eigenvalue weighted by Gasteiger charge is -2.11. The molecule has 132 valence electrons. The number of carbonyl (C=O) groups is 2. The highest BCUT2D eigenvalue weighted by atomic mass is 19.2. The van der Waals surface area contributed by atoms with Crippen LogP contribution in [0.4, 0.5) is 19.3 Å². The molecule has 0 saturated carbocycles. The number of rotatable bonds is 4. The summed E-state index contributed by atoms with van der Waals surface area (Å²) in [6.07, 6.45) is -0.908. The topological polar surface area (TPSA) is 64.6 Å². The Morgan fingerprint density at radius 1 is 1.04 bits per heavy atom. The largest absolute Gasteiger partial charge is 0.465 e. The van der Waals surface area contributed by atoms with E-state index in [2.05, 4.69) is 10.1 Å². The first-order valence-corrected chi connectivity index (χ1v) is 7.39. The Hall–Kier alpha value is -2.96. The van der Waals surface area contributed by atoms with E-state index >= 15 is 0 Å². The van der Waals surface area contributed by atoms with Crippen LogP contribution in [0.1, 0.15) is 27.0 Å². The summed E-state index contributed by atoms with van der Waals surface area (Å²) >= 11 is 0. The maximum absolute atomic E-state index is 13.4. The van der Waals surface area contributed by atoms with Gasteiger partial charge in [-0.2, -0.15) is 0 Å². The van der Waals surface area contributed by atoms with Gasteiger partial charge in [0.2, 0.25) is 0 Å². The van der Waals surface area contributed by atoms with Crippen LogP contribution in [-0.4, -0.2) is 19.2 Å². The zero-order valence-electron chi connectivity index (χ0n) is 14.0. The van der Waals surface area contributed by atoms with E-state index < -0.39 is 23.7 Å². The van der Waals surface area contributed by atoms with Gasteiger partial charge in [-0.3, -0.25) is 5.32 Å². The average molecular weight is 349 g/mol. The Kier molecular flexibility index (Phi) is 5.69. The Labute approximate surface area is 143 Å². The van der Waals surface area contributed by atoms with Crippen molar-refractivity contribution in [2.45, 2.75) is 20.5 Å². The van der Waals surface area contributed by atoms with Crippen molar-refractivity contribution in [2.24, 2.45) is 0 Å². The predicted octanol–water partition coefficient (Wildman–Crippen LogP) is 4.12. The molecule has 0 atom stereocenters. The lowest BCUT2D eigenvalue weighted by atomic mass is 10.1. The Balaban J connectivity index is 2.10. The van der Waals surface area contributed by atoms with Crippen molar-refractivity contribution in [1.82, 2.24) is 0 Å². The van der Waals surface area contributed by atoms with Crippen LogP contribution in [0.15, 0.2) is 30.3 Å². The molecule has 0 unspecified atom stereocenters. The molecule has 0 radical (unpaired) electrons. The minimum Gasteiger partial charge on any atom is -0.465 e. The molecule has 0 fully saturated rings. The van der Waals surface area contributed by atoms with E-state index in [9.17, 15) is 18.4 Å². The second-order valence-electron chi connectivity index (χ2n) is 5.42. The number of aryl methyl sites for hydroxylation is 2. The van der Waals surface area contributed by atoms with Crippen molar-refractivity contribution in [3.63, 3.8) is 0 Å². The summed E-state index contributed by atoms with van der Waals surface area (Å²) in [5, 5.41) is 2.22. The smallest absolute Gasteiger partial charge is 0.411 e. The fourth-order valence-electron chi connectivity index (χ4n) is 2.12. The minimum atomic E-state index is -1.23. The van der Waals surface area contributed by atoms with Crippen LogP contribution in [-0.2, 0) is 16.1 Å². The van der Waals surface area contributed by atoms with E-state index in [1.807, 2.05) is 32.0 Å². The van der Waals surface area contributed by atoms with Crippen molar-refractivity contribution < 1.29 is 27.8 Å². The molecule has 2 aromatic carbocycles. The zero-order chi connectivity index (χ0) is 18.6. The lowest BCUT2D eigenvalue weighted by molar-refractivity contribution is 0.0601. The highest BCUT2D eigenvalue weighted by Gasteiger charge is 2.18. The van der Waals surface area contributed by atoms with E-state index in [-0.39, 0.29) is 17.9 Å². The summed E-state index contributed by atoms with van der Waals surface area (Å²) in [5.41, 5.74) is 2.38. The van der Waals surface area contributed by atoms with Gasteiger partial charge in [0, 0.05) is 6.07 Å². The number of nitrogens with one attached hydrogen (secondary N) is 1. The maximum atomic E-state index is 13.4. The second-order valence-corrected chi connectivity index (χ2v) is 5.42. The fraction of sp³-hybridized carbons (Fsp3) is 0.222. The van der Waals surface area contributed by atoms with Crippen molar-refractivity contribution in [2.75, 3.05) is 12.4 Å². The van der Waals surface area contributed by atoms with Gasteiger partial charge in [0.25, 0.3) is 0 Å². The first-order valence-electron chi connectivity index (χ1n) is 7.39. The van der Waals surface area contributed by atoms with E-state index in [1.165, 1.54) is 0 Å². The van der Waals surface area contributed by atoms with E-state index in [4.69, 9.17) is 4.74 Å². The van der Waals surface area contributed by atoms with Crippen LogP contribution in [0.25, 0.3) is 0 Å². The van der Waals surface area contributed by atoms with Crippen molar-refractivity contribution in [3.8, 4) is 0 Å². The first kappa shape index (κ1) is 18.4. The molecule has 0 heterocycles. The number of methoxy groups -OCH3 is 1. The van der Waals surface area contributed by atoms with Crippen LogP contribution in [0, 0.1) is 25.5 Å². The lowest BCUT2D eigenvalue weighted by Crippen LogP contribution is -2.17. The molecular formula is C18H17F2NO4. The third kappa shape index (κ3) is 4.53. The van der Waals surface area contributed by atoms with Crippen LogP contribution in [0.3, 0.4) is 0 Å². The van der Waals surface area contributed by atoms with E-state index in [1.54, 1.807) is 0 Å². The van der Waals surface area contributed by atoms with E-state index in [0.29, 0.717) is 12.1 Å². The SMILES string of the molecule is COC(=O)c1cc(F)c(F)cc1NC(=O)OCc1ccc(C)c(C)c1. The molecular weight excluding hydrogens is 332 g/mol. The van der Waals surface area contributed by atoms with Gasteiger partial charge in [0.1, 0.15) is 6.61 Å². The van der Waals surface area contributed by atoms with Gasteiger partial charge >= 0.3 is 12.1 Å². The average Bonchev–Trinajstić information content (AvgIpc) is 2.58. The maximum Gasteiger partial charge on any atom is 0.411 e. The molecule has 0 spiro atoms. The summed E-state index contributed by atoms with van der Waals surface area (Å²) in [4.78, 5) is 23.5. The number of hydrogen-bond donors (Lipinski definition) is 1. The number of hydrogen-bond acceptors (Lipinski definition) is 4. The molecule has 25 heavy (non-hydrogen) atoms. The number of halogens is 2. The van der Waals surface area contributed by atoms with Gasteiger partial charge in [0.15, 0.2) is 11.6 Å². The highest BCUT2D eigenvalue weighted by Crippen LogP contribution is 2.21. The molecule has 0 aliphatic rings. The molecule has 1 N–H and O–H groups in total. The molecule has 0 aliphatic heterocycles. The van der Waals surface area contributed by atoms with Gasteiger partial charge in [-0.1, -0.05) is 18.2 Å². The van der Waals surface area contributed by atoms with Gasteiger partial charge in [0.05, 0.1) is 18.4 Å². The normalized spacial score (nSPS) is 10.3. The molecule has 5 nitrogen and oxygen atoms in total. The van der Waals surface area contributed by atoms with Crippen LogP contribution < -0.4 is 5.32 Å². The summed E-state index contributed by atoms with van der Waals surface area (Å²) in [5.74, 6) is -3.35. The number of ether oxygens (including phenoxy) is 2. The van der Waals surface area contributed by atoms with Gasteiger partial charge < -0.3 is 9.47 Å². The number of benzene rings is 2. The molecule has 0 saturated heterocycles. The molecule has 7 heteroatoms. The molecule has 0 bridgehead atoms. The second kappa shape index (κ2) is 7.74. The number of anilines is 1. The Morgan fingerprint density at radius 3 is 2.36 bits per heavy atom. The highest BCUT2D eigenvalue weighted by molar-refractivity contribution is 5.99. The van der Waals surface area contributed by atoms with Gasteiger partial charge in [-0.05, 0) is 36.6 Å². The van der Waals surface area contributed by atoms with Crippen LogP contribution >= 0.6 is 0 Å². The zero-order valence-corrected chi connectivity index (χ0v) is 14.0. The Bertz CT molecular complexity index is 821. The quantitative estimate of drug-likeness (QED) is 0.844. The molecule has 2 aromatic rings. The van der Waals surface area contributed by atoms with Gasteiger partial charge in [-0.25, -0.2) is 18.4 Å². The summed E-state index contributed by atoms with van der Waals surface area (Å²) in [6.45, 7) is 3.89. The van der Waals surface area contributed by atoms with Crippen molar-refractivity contribution in [1.29, 1.82) is 0 Å². The third-order valence-electron chi connectivity index (χ3n) is 3.64. The number of carbonyl (C=O) groups excluding carboxylic acids is 2. The van der Waals surface area contributed by atoms with E-state index in [0.717, 1.165) is 23.8 Å². The summed E-state index contributed by atoms with van der Waals surface area (Å²) in [6, 6.07) is 6.93.